The number of H-pyrrole nitrogens is 1. The number of methoxy groups -OCH3 is 1. The van der Waals surface area contributed by atoms with E-state index < -0.39 is 0 Å². The molecule has 0 aliphatic rings. The first-order chi connectivity index (χ1) is 12.8. The molecule has 6 nitrogen and oxygen atoms in total. The number of aromatic amines is 1. The zero-order valence-corrected chi connectivity index (χ0v) is 16.6. The molecule has 0 aliphatic carbocycles. The summed E-state index contributed by atoms with van der Waals surface area (Å²) in [5.74, 6) is 1.40. The molecule has 0 saturated heterocycles. The number of hydrogen-bond donors (Lipinski definition) is 2. The molecule has 2 N–H and O–H groups in total. The Morgan fingerprint density at radius 2 is 1.93 bits per heavy atom. The van der Waals surface area contributed by atoms with Crippen molar-refractivity contribution >= 4 is 5.91 Å². The standard InChI is InChI=1S/C21H28N2O4/c1-13(2)8-9-27-18-7-6-16(11-19(18)26-5)20(24)22-12-17-14(3)10-15(4)23-21(17)25/h6-7,10-11,13H,8-9,12H2,1-5H3,(H,22,24)(H,23,25). The number of nitrogens with one attached hydrogen (secondary N) is 2. The van der Waals surface area contributed by atoms with Gasteiger partial charge in [0, 0.05) is 23.4 Å². The van der Waals surface area contributed by atoms with Crippen molar-refractivity contribution in [3.63, 3.8) is 0 Å². The fourth-order valence-corrected chi connectivity index (χ4v) is 2.70. The van der Waals surface area contributed by atoms with Crippen molar-refractivity contribution in [1.82, 2.24) is 10.3 Å². The second-order valence-corrected chi connectivity index (χ2v) is 7.02. The van der Waals surface area contributed by atoms with Crippen LogP contribution in [0.5, 0.6) is 11.5 Å². The van der Waals surface area contributed by atoms with Gasteiger partial charge in [-0.15, -0.1) is 0 Å². The number of ether oxygens (including phenoxy) is 2. The first kappa shape index (κ1) is 20.6. The van der Waals surface area contributed by atoms with E-state index >= 15 is 0 Å². The van der Waals surface area contributed by atoms with E-state index in [0.717, 1.165) is 17.7 Å². The summed E-state index contributed by atoms with van der Waals surface area (Å²) >= 11 is 0. The first-order valence-corrected chi connectivity index (χ1v) is 9.10. The van der Waals surface area contributed by atoms with Gasteiger partial charge in [-0.3, -0.25) is 9.59 Å². The summed E-state index contributed by atoms with van der Waals surface area (Å²) in [4.78, 5) is 27.3. The molecule has 0 unspecified atom stereocenters. The fraction of sp³-hybridized carbons (Fsp3) is 0.429. The molecule has 0 radical (unpaired) electrons. The monoisotopic (exact) mass is 372 g/mol. The summed E-state index contributed by atoms with van der Waals surface area (Å²) in [7, 11) is 1.54. The normalized spacial score (nSPS) is 10.7. The van der Waals surface area contributed by atoms with Crippen molar-refractivity contribution in [2.75, 3.05) is 13.7 Å². The number of carbonyl (C=O) groups is 1. The topological polar surface area (TPSA) is 80.4 Å². The molecule has 0 spiro atoms. The first-order valence-electron chi connectivity index (χ1n) is 9.10. The Hall–Kier alpha value is -2.76. The highest BCUT2D eigenvalue weighted by Gasteiger charge is 2.13. The lowest BCUT2D eigenvalue weighted by Crippen LogP contribution is -2.27. The van der Waals surface area contributed by atoms with E-state index in [4.69, 9.17) is 9.47 Å². The van der Waals surface area contributed by atoms with Gasteiger partial charge < -0.3 is 19.8 Å². The number of carbonyl (C=O) groups excluding carboxylic acids is 1. The van der Waals surface area contributed by atoms with Gasteiger partial charge in [-0.1, -0.05) is 13.8 Å². The molecule has 0 fully saturated rings. The molecule has 0 bridgehead atoms. The lowest BCUT2D eigenvalue weighted by Gasteiger charge is -2.13. The highest BCUT2D eigenvalue weighted by molar-refractivity contribution is 5.94. The SMILES string of the molecule is COc1cc(C(=O)NCc2c(C)cc(C)[nH]c2=O)ccc1OCCC(C)C. The molecule has 0 atom stereocenters. The predicted octanol–water partition coefficient (Wildman–Crippen LogP) is 3.36. The van der Waals surface area contributed by atoms with Gasteiger partial charge in [0.1, 0.15) is 0 Å². The van der Waals surface area contributed by atoms with E-state index in [1.54, 1.807) is 25.3 Å². The van der Waals surface area contributed by atoms with Gasteiger partial charge in [-0.25, -0.2) is 0 Å². The molecule has 6 heteroatoms. The summed E-state index contributed by atoms with van der Waals surface area (Å²) in [6.45, 7) is 8.71. The minimum atomic E-state index is -0.276. The highest BCUT2D eigenvalue weighted by Crippen LogP contribution is 2.28. The summed E-state index contributed by atoms with van der Waals surface area (Å²) < 4.78 is 11.1. The van der Waals surface area contributed by atoms with E-state index in [0.29, 0.717) is 35.2 Å². The van der Waals surface area contributed by atoms with Gasteiger partial charge in [0.15, 0.2) is 11.5 Å². The third-order valence-electron chi connectivity index (χ3n) is 4.30. The molecular formula is C21H28N2O4. The zero-order chi connectivity index (χ0) is 20.0. The minimum absolute atomic E-state index is 0.162. The van der Waals surface area contributed by atoms with Crippen LogP contribution in [0, 0.1) is 19.8 Å². The molecule has 2 rings (SSSR count). The van der Waals surface area contributed by atoms with Crippen molar-refractivity contribution in [2.45, 2.75) is 40.7 Å². The van der Waals surface area contributed by atoms with Gasteiger partial charge >= 0.3 is 0 Å². The van der Waals surface area contributed by atoms with Crippen LogP contribution in [0.3, 0.4) is 0 Å². The van der Waals surface area contributed by atoms with E-state index in [1.165, 1.54) is 0 Å². The summed E-state index contributed by atoms with van der Waals surface area (Å²) in [6.07, 6.45) is 0.940. The molecule has 2 aromatic rings. The summed E-state index contributed by atoms with van der Waals surface area (Å²) in [6, 6.07) is 6.95. The number of hydrogen-bond acceptors (Lipinski definition) is 4. The maximum Gasteiger partial charge on any atom is 0.253 e. The van der Waals surface area contributed by atoms with Crippen LogP contribution in [0.2, 0.25) is 0 Å². The molecular weight excluding hydrogens is 344 g/mol. The number of benzene rings is 1. The Labute approximate surface area is 159 Å². The molecule has 1 aromatic carbocycles. The van der Waals surface area contributed by atoms with Gasteiger partial charge in [0.2, 0.25) is 0 Å². The molecule has 1 amide bonds. The molecule has 146 valence electrons. The van der Waals surface area contributed by atoms with Crippen molar-refractivity contribution < 1.29 is 14.3 Å². The number of amides is 1. The average molecular weight is 372 g/mol. The maximum atomic E-state index is 12.5. The molecule has 27 heavy (non-hydrogen) atoms. The lowest BCUT2D eigenvalue weighted by molar-refractivity contribution is 0.0950. The Bertz CT molecular complexity index is 856. The lowest BCUT2D eigenvalue weighted by atomic mass is 10.1. The summed E-state index contributed by atoms with van der Waals surface area (Å²) in [5, 5.41) is 2.79. The number of pyridine rings is 1. The Morgan fingerprint density at radius 1 is 1.19 bits per heavy atom. The van der Waals surface area contributed by atoms with E-state index in [1.807, 2.05) is 19.9 Å². The van der Waals surface area contributed by atoms with Gasteiger partial charge in [0.25, 0.3) is 11.5 Å². The van der Waals surface area contributed by atoms with Gasteiger partial charge in [-0.05, 0) is 56.0 Å². The number of aromatic nitrogens is 1. The van der Waals surface area contributed by atoms with Crippen LogP contribution in [-0.4, -0.2) is 24.6 Å². The van der Waals surface area contributed by atoms with Crippen LogP contribution < -0.4 is 20.3 Å². The largest absolute Gasteiger partial charge is 0.493 e. The smallest absolute Gasteiger partial charge is 0.253 e. The Morgan fingerprint density at radius 3 is 2.56 bits per heavy atom. The van der Waals surface area contributed by atoms with Crippen LogP contribution in [-0.2, 0) is 6.54 Å². The van der Waals surface area contributed by atoms with E-state index in [9.17, 15) is 9.59 Å². The fourth-order valence-electron chi connectivity index (χ4n) is 2.70. The zero-order valence-electron chi connectivity index (χ0n) is 16.6. The van der Waals surface area contributed by atoms with Crippen LogP contribution >= 0.6 is 0 Å². The molecule has 0 saturated carbocycles. The molecule has 0 aliphatic heterocycles. The van der Waals surface area contributed by atoms with E-state index in [2.05, 4.69) is 24.1 Å². The van der Waals surface area contributed by atoms with Crippen molar-refractivity contribution in [2.24, 2.45) is 5.92 Å². The molecule has 1 aromatic heterocycles. The van der Waals surface area contributed by atoms with Gasteiger partial charge in [-0.2, -0.15) is 0 Å². The molecule has 1 heterocycles. The third kappa shape index (κ3) is 5.61. The summed E-state index contributed by atoms with van der Waals surface area (Å²) in [5.41, 5.74) is 2.46. The second-order valence-electron chi connectivity index (χ2n) is 7.02. The number of aryl methyl sites for hydroxylation is 2. The van der Waals surface area contributed by atoms with Crippen LogP contribution in [0.25, 0.3) is 0 Å². The average Bonchev–Trinajstić information content (AvgIpc) is 2.60. The Kier molecular flexibility index (Phi) is 7.05. The maximum absolute atomic E-state index is 12.5. The highest BCUT2D eigenvalue weighted by atomic mass is 16.5. The second kappa shape index (κ2) is 9.26. The van der Waals surface area contributed by atoms with Crippen molar-refractivity contribution in [3.05, 3.63) is 57.0 Å². The van der Waals surface area contributed by atoms with Crippen molar-refractivity contribution in [1.29, 1.82) is 0 Å². The Balaban J connectivity index is 2.07. The van der Waals surface area contributed by atoms with Crippen LogP contribution in [0.4, 0.5) is 0 Å². The predicted molar refractivity (Wildman–Crippen MR) is 106 cm³/mol. The van der Waals surface area contributed by atoms with Crippen molar-refractivity contribution in [3.8, 4) is 11.5 Å². The van der Waals surface area contributed by atoms with Crippen LogP contribution in [0.15, 0.2) is 29.1 Å². The van der Waals surface area contributed by atoms with Crippen LogP contribution in [0.1, 0.15) is 47.4 Å². The minimum Gasteiger partial charge on any atom is -0.493 e. The number of rotatable bonds is 8. The third-order valence-corrected chi connectivity index (χ3v) is 4.30. The van der Waals surface area contributed by atoms with E-state index in [-0.39, 0.29) is 18.0 Å². The quantitative estimate of drug-likeness (QED) is 0.745. The van der Waals surface area contributed by atoms with Gasteiger partial charge in [0.05, 0.1) is 13.7 Å².